The van der Waals surface area contributed by atoms with Crippen molar-refractivity contribution in [2.75, 3.05) is 0 Å². The number of hydrogen-bond acceptors (Lipinski definition) is 4. The van der Waals surface area contributed by atoms with E-state index in [1.165, 1.54) is 6.26 Å². The highest BCUT2D eigenvalue weighted by Gasteiger charge is 2.30. The summed E-state index contributed by atoms with van der Waals surface area (Å²) in [6.07, 6.45) is 8.23. The molecule has 6 nitrogen and oxygen atoms in total. The number of allylic oxidation sites excluding steroid dienone is 4. The molecular formula is C16H14N2O4. The van der Waals surface area contributed by atoms with E-state index in [0.717, 1.165) is 0 Å². The van der Waals surface area contributed by atoms with Crippen LogP contribution in [0.4, 0.5) is 0 Å². The van der Waals surface area contributed by atoms with Crippen LogP contribution in [0.15, 0.2) is 63.4 Å². The average Bonchev–Trinajstić information content (AvgIpc) is 3.03. The zero-order valence-electron chi connectivity index (χ0n) is 11.7. The molecule has 1 aromatic rings. The third-order valence-electron chi connectivity index (χ3n) is 3.47. The Balaban J connectivity index is 1.68. The average molecular weight is 298 g/mol. The number of furan rings is 1. The molecule has 1 aromatic heterocycles. The maximum atomic E-state index is 12.0. The maximum absolute atomic E-state index is 12.0. The molecule has 0 saturated heterocycles. The lowest BCUT2D eigenvalue weighted by molar-refractivity contribution is -0.122. The molecule has 2 N–H and O–H groups in total. The van der Waals surface area contributed by atoms with Crippen LogP contribution in [-0.4, -0.2) is 22.6 Å². The predicted octanol–water partition coefficient (Wildman–Crippen LogP) is 1.82. The molecule has 22 heavy (non-hydrogen) atoms. The van der Waals surface area contributed by atoms with Crippen molar-refractivity contribution in [1.29, 1.82) is 0 Å². The number of amides is 2. The van der Waals surface area contributed by atoms with Crippen LogP contribution >= 0.6 is 0 Å². The standard InChI is InChI=1S/C16H14N2O4/c19-14(17-9-10-4-3-7-22-10)8-12-15(20)11-5-1-2-6-13(11)18-16(12)21/h1-7,11,20H,8-9H2,(H,17,19). The highest BCUT2D eigenvalue weighted by atomic mass is 16.3. The van der Waals surface area contributed by atoms with Crippen LogP contribution in [-0.2, 0) is 16.1 Å². The summed E-state index contributed by atoms with van der Waals surface area (Å²) in [4.78, 5) is 27.8. The van der Waals surface area contributed by atoms with Crippen molar-refractivity contribution in [3.8, 4) is 0 Å². The third-order valence-corrected chi connectivity index (χ3v) is 3.47. The lowest BCUT2D eigenvalue weighted by Gasteiger charge is -2.21. The molecule has 0 bridgehead atoms. The maximum Gasteiger partial charge on any atom is 0.277 e. The molecule has 2 heterocycles. The first-order valence-electron chi connectivity index (χ1n) is 6.84. The number of carbonyl (C=O) groups is 2. The fourth-order valence-corrected chi connectivity index (χ4v) is 2.34. The molecule has 0 aromatic carbocycles. The Hall–Kier alpha value is -2.89. The summed E-state index contributed by atoms with van der Waals surface area (Å²) in [7, 11) is 0. The van der Waals surface area contributed by atoms with Gasteiger partial charge in [-0.25, -0.2) is 4.99 Å². The molecule has 112 valence electrons. The van der Waals surface area contributed by atoms with Crippen molar-refractivity contribution >= 4 is 17.5 Å². The largest absolute Gasteiger partial charge is 0.511 e. The summed E-state index contributed by atoms with van der Waals surface area (Å²) in [6.45, 7) is 0.231. The fourth-order valence-electron chi connectivity index (χ4n) is 2.34. The van der Waals surface area contributed by atoms with Crippen molar-refractivity contribution in [3.63, 3.8) is 0 Å². The molecule has 3 rings (SSSR count). The van der Waals surface area contributed by atoms with Crippen molar-refractivity contribution < 1.29 is 19.1 Å². The molecule has 2 amide bonds. The Morgan fingerprint density at radius 2 is 2.27 bits per heavy atom. The molecule has 6 heteroatoms. The summed E-state index contributed by atoms with van der Waals surface area (Å²) in [5.74, 6) is -0.890. The van der Waals surface area contributed by atoms with Crippen LogP contribution in [0, 0.1) is 5.92 Å². The van der Waals surface area contributed by atoms with Gasteiger partial charge in [-0.1, -0.05) is 18.2 Å². The normalized spacial score (nSPS) is 19.9. The first-order chi connectivity index (χ1) is 10.6. The molecule has 0 fully saturated rings. The molecule has 0 saturated carbocycles. The number of aliphatic imine (C=N–C) groups is 1. The van der Waals surface area contributed by atoms with E-state index in [2.05, 4.69) is 10.3 Å². The lowest BCUT2D eigenvalue weighted by Crippen LogP contribution is -2.29. The van der Waals surface area contributed by atoms with Gasteiger partial charge in [-0.2, -0.15) is 0 Å². The van der Waals surface area contributed by atoms with Gasteiger partial charge in [0.15, 0.2) is 0 Å². The number of hydrogen-bond donors (Lipinski definition) is 2. The van der Waals surface area contributed by atoms with Crippen LogP contribution < -0.4 is 5.32 Å². The van der Waals surface area contributed by atoms with Gasteiger partial charge < -0.3 is 14.8 Å². The van der Waals surface area contributed by atoms with Gasteiger partial charge in [0.1, 0.15) is 11.5 Å². The van der Waals surface area contributed by atoms with E-state index in [1.807, 2.05) is 0 Å². The highest BCUT2D eigenvalue weighted by molar-refractivity contribution is 6.14. The zero-order valence-corrected chi connectivity index (χ0v) is 11.7. The Bertz CT molecular complexity index is 723. The van der Waals surface area contributed by atoms with Crippen molar-refractivity contribution in [3.05, 3.63) is 59.8 Å². The molecular weight excluding hydrogens is 284 g/mol. The smallest absolute Gasteiger partial charge is 0.277 e. The van der Waals surface area contributed by atoms with Gasteiger partial charge in [0, 0.05) is 0 Å². The lowest BCUT2D eigenvalue weighted by atomic mass is 9.89. The van der Waals surface area contributed by atoms with Crippen LogP contribution in [0.5, 0.6) is 0 Å². The van der Waals surface area contributed by atoms with Crippen LogP contribution in [0.25, 0.3) is 0 Å². The number of dihydropyridines is 1. The first kappa shape index (κ1) is 14.1. The molecule has 0 radical (unpaired) electrons. The topological polar surface area (TPSA) is 91.9 Å². The Kier molecular flexibility index (Phi) is 3.74. The first-order valence-corrected chi connectivity index (χ1v) is 6.84. The molecule has 2 aliphatic rings. The van der Waals surface area contributed by atoms with Crippen molar-refractivity contribution in [2.24, 2.45) is 10.9 Å². The van der Waals surface area contributed by atoms with E-state index in [0.29, 0.717) is 11.5 Å². The number of rotatable bonds is 4. The van der Waals surface area contributed by atoms with Crippen LogP contribution in [0.2, 0.25) is 0 Å². The minimum Gasteiger partial charge on any atom is -0.511 e. The van der Waals surface area contributed by atoms with Gasteiger partial charge in [0.25, 0.3) is 5.91 Å². The SMILES string of the molecule is O=C(CC1=C(O)C2C=CC=CC2=NC1=O)NCc1ccco1. The van der Waals surface area contributed by atoms with Gasteiger partial charge in [-0.15, -0.1) is 0 Å². The minimum absolute atomic E-state index is 0.0330. The fraction of sp³-hybridized carbons (Fsp3) is 0.188. The number of aliphatic hydroxyl groups is 1. The quantitative estimate of drug-likeness (QED) is 0.887. The molecule has 1 atom stereocenters. The Morgan fingerprint density at radius 3 is 3.05 bits per heavy atom. The highest BCUT2D eigenvalue weighted by Crippen LogP contribution is 2.27. The predicted molar refractivity (Wildman–Crippen MR) is 79.0 cm³/mol. The summed E-state index contributed by atoms with van der Waals surface area (Å²) in [5.41, 5.74) is 0.524. The van der Waals surface area contributed by atoms with Gasteiger partial charge in [-0.3, -0.25) is 9.59 Å². The Labute approximate surface area is 126 Å². The summed E-state index contributed by atoms with van der Waals surface area (Å²) in [5, 5.41) is 12.9. The number of aliphatic hydroxyl groups excluding tert-OH is 1. The van der Waals surface area contributed by atoms with Crippen LogP contribution in [0.1, 0.15) is 12.2 Å². The molecule has 1 unspecified atom stereocenters. The van der Waals surface area contributed by atoms with E-state index < -0.39 is 11.8 Å². The van der Waals surface area contributed by atoms with Gasteiger partial charge in [0.2, 0.25) is 5.91 Å². The number of nitrogens with one attached hydrogen (secondary N) is 1. The van der Waals surface area contributed by atoms with Gasteiger partial charge in [-0.05, 0) is 18.2 Å². The van der Waals surface area contributed by atoms with E-state index in [9.17, 15) is 14.7 Å². The minimum atomic E-state index is -0.572. The molecule has 0 spiro atoms. The van der Waals surface area contributed by atoms with Crippen LogP contribution in [0.3, 0.4) is 0 Å². The Morgan fingerprint density at radius 1 is 1.41 bits per heavy atom. The number of fused-ring (bicyclic) bond motifs is 1. The summed E-state index contributed by atoms with van der Waals surface area (Å²) < 4.78 is 5.11. The van der Waals surface area contributed by atoms with E-state index >= 15 is 0 Å². The second-order valence-electron chi connectivity index (χ2n) is 4.96. The van der Waals surface area contributed by atoms with Crippen molar-refractivity contribution in [2.45, 2.75) is 13.0 Å². The molecule has 1 aliphatic carbocycles. The van der Waals surface area contributed by atoms with Gasteiger partial charge in [0.05, 0.1) is 36.4 Å². The van der Waals surface area contributed by atoms with E-state index in [4.69, 9.17) is 4.42 Å². The second kappa shape index (κ2) is 5.85. The van der Waals surface area contributed by atoms with E-state index in [-0.39, 0.29) is 30.2 Å². The molecule has 1 aliphatic heterocycles. The third kappa shape index (κ3) is 2.76. The summed E-state index contributed by atoms with van der Waals surface area (Å²) >= 11 is 0. The monoisotopic (exact) mass is 298 g/mol. The number of nitrogens with zero attached hydrogens (tertiary/aromatic N) is 1. The number of carbonyl (C=O) groups excluding carboxylic acids is 2. The summed E-state index contributed by atoms with van der Waals surface area (Å²) in [6, 6.07) is 3.46. The van der Waals surface area contributed by atoms with E-state index in [1.54, 1.807) is 36.4 Å². The van der Waals surface area contributed by atoms with Crippen molar-refractivity contribution in [1.82, 2.24) is 5.32 Å². The second-order valence-corrected chi connectivity index (χ2v) is 4.96. The van der Waals surface area contributed by atoms with Gasteiger partial charge >= 0.3 is 0 Å². The zero-order chi connectivity index (χ0) is 15.5.